The van der Waals surface area contributed by atoms with Crippen LogP contribution in [0.15, 0.2) is 72.4 Å². The molecule has 0 radical (unpaired) electrons. The number of aromatic nitrogens is 2. The third-order valence-corrected chi connectivity index (χ3v) is 7.09. The predicted molar refractivity (Wildman–Crippen MR) is 135 cm³/mol. The lowest BCUT2D eigenvalue weighted by Crippen LogP contribution is -2.52. The number of fused-ring (bicyclic) bond motifs is 2. The number of benzene rings is 2. The van der Waals surface area contributed by atoms with Crippen molar-refractivity contribution in [1.82, 2.24) is 14.9 Å². The lowest BCUT2D eigenvalue weighted by Gasteiger charge is -2.52. The molecule has 1 aliphatic heterocycles. The minimum atomic E-state index is 0.0418. The molecule has 5 rings (SSSR count). The van der Waals surface area contributed by atoms with Crippen LogP contribution in [0.5, 0.6) is 11.6 Å². The van der Waals surface area contributed by atoms with E-state index in [1.165, 1.54) is 5.70 Å². The largest absolute Gasteiger partial charge is 0.438 e. The number of nitrogens with zero attached hydrogens (tertiary/aromatic N) is 4. The Morgan fingerprint density at radius 1 is 1.06 bits per heavy atom. The van der Waals surface area contributed by atoms with Gasteiger partial charge in [0.15, 0.2) is 5.82 Å². The fourth-order valence-electron chi connectivity index (χ4n) is 5.52. The molecule has 2 aliphatic rings. The first-order chi connectivity index (χ1) is 16.5. The summed E-state index contributed by atoms with van der Waals surface area (Å²) in [4.78, 5) is 12.3. The zero-order valence-corrected chi connectivity index (χ0v) is 20.0. The van der Waals surface area contributed by atoms with Crippen LogP contribution in [0.25, 0.3) is 16.5 Å². The molecule has 1 saturated heterocycles. The molecule has 0 spiro atoms. The number of allylic oxidation sites excluding steroid dienone is 4. The minimum Gasteiger partial charge on any atom is -0.438 e. The van der Waals surface area contributed by atoms with Crippen LogP contribution in [0.4, 0.5) is 0 Å². The molecule has 2 aromatic carbocycles. The Morgan fingerprint density at radius 2 is 1.82 bits per heavy atom. The Kier molecular flexibility index (Phi) is 5.83. The molecule has 5 nitrogen and oxygen atoms in total. The zero-order valence-electron chi connectivity index (χ0n) is 20.0. The van der Waals surface area contributed by atoms with Crippen molar-refractivity contribution in [1.29, 1.82) is 5.26 Å². The van der Waals surface area contributed by atoms with Crippen LogP contribution in [-0.2, 0) is 0 Å². The Labute approximate surface area is 201 Å². The van der Waals surface area contributed by atoms with Crippen molar-refractivity contribution in [3.05, 3.63) is 78.3 Å². The highest BCUT2D eigenvalue weighted by Crippen LogP contribution is 2.47. The van der Waals surface area contributed by atoms with Crippen molar-refractivity contribution in [3.63, 3.8) is 0 Å². The van der Waals surface area contributed by atoms with E-state index in [4.69, 9.17) is 14.7 Å². The molecule has 2 unspecified atom stereocenters. The van der Waals surface area contributed by atoms with Crippen molar-refractivity contribution >= 4 is 16.5 Å². The maximum absolute atomic E-state index is 9.19. The molecule has 0 N–H and O–H groups in total. The second kappa shape index (κ2) is 8.95. The number of para-hydroxylation sites is 2. The summed E-state index contributed by atoms with van der Waals surface area (Å²) in [5.74, 6) is 2.98. The molecule has 0 bridgehead atoms. The monoisotopic (exact) mass is 450 g/mol. The van der Waals surface area contributed by atoms with E-state index >= 15 is 0 Å². The molecular weight excluding hydrogens is 420 g/mol. The topological polar surface area (TPSA) is 62.0 Å². The van der Waals surface area contributed by atoms with Gasteiger partial charge in [-0.25, -0.2) is 4.98 Å². The Balaban J connectivity index is 1.55. The summed E-state index contributed by atoms with van der Waals surface area (Å²) in [7, 11) is 0. The Morgan fingerprint density at radius 3 is 2.62 bits per heavy atom. The first kappa shape index (κ1) is 22.2. The standard InChI is InChI=1S/C29H30N4O/c1-20-19-29(2,3)33(17-9-16-30)26-15-14-21(18-24(20)26)27-31-25-13-8-7-12-23(25)28(32-27)34-22-10-5-4-6-11-22/h4-8,10-15,20,24H,9,17-19H2,1-3H3. The summed E-state index contributed by atoms with van der Waals surface area (Å²) in [5, 5.41) is 10.1. The molecule has 0 amide bonds. The van der Waals surface area contributed by atoms with Gasteiger partial charge in [-0.3, -0.25) is 0 Å². The molecule has 172 valence electrons. The molecule has 2 heterocycles. The number of ether oxygens (including phenoxy) is 1. The number of hydrogen-bond acceptors (Lipinski definition) is 5. The van der Waals surface area contributed by atoms with E-state index < -0.39 is 0 Å². The molecule has 0 saturated carbocycles. The minimum absolute atomic E-state index is 0.0418. The summed E-state index contributed by atoms with van der Waals surface area (Å²) < 4.78 is 6.21. The van der Waals surface area contributed by atoms with Gasteiger partial charge in [0.05, 0.1) is 23.4 Å². The van der Waals surface area contributed by atoms with E-state index in [-0.39, 0.29) is 5.54 Å². The van der Waals surface area contributed by atoms with Crippen molar-refractivity contribution in [2.75, 3.05) is 6.54 Å². The average molecular weight is 451 g/mol. The maximum atomic E-state index is 9.19. The van der Waals surface area contributed by atoms with Crippen LogP contribution in [0, 0.1) is 23.2 Å². The van der Waals surface area contributed by atoms with Gasteiger partial charge >= 0.3 is 0 Å². The second-order valence-electron chi connectivity index (χ2n) is 9.93. The lowest BCUT2D eigenvalue weighted by atomic mass is 9.71. The first-order valence-corrected chi connectivity index (χ1v) is 12.0. The summed E-state index contributed by atoms with van der Waals surface area (Å²) in [6, 6.07) is 20.1. The number of rotatable bonds is 5. The molecule has 1 fully saturated rings. The van der Waals surface area contributed by atoms with Gasteiger partial charge in [-0.05, 0) is 68.5 Å². The molecule has 1 aromatic heterocycles. The number of nitriles is 1. The molecular formula is C29H30N4O. The van der Waals surface area contributed by atoms with Crippen LogP contribution in [0.2, 0.25) is 0 Å². The number of hydrogen-bond donors (Lipinski definition) is 0. The summed E-state index contributed by atoms with van der Waals surface area (Å²) >= 11 is 0. The molecule has 2 atom stereocenters. The van der Waals surface area contributed by atoms with Crippen LogP contribution < -0.4 is 4.74 Å². The SMILES string of the molecule is CC1CC(C)(C)N(CCC#N)C2=CC=C(c3nc(Oc4ccccc4)c4ccccc4n3)CC21. The van der Waals surface area contributed by atoms with Crippen LogP contribution >= 0.6 is 0 Å². The third-order valence-electron chi connectivity index (χ3n) is 7.09. The van der Waals surface area contributed by atoms with Gasteiger partial charge in [0, 0.05) is 23.7 Å². The van der Waals surface area contributed by atoms with Crippen molar-refractivity contribution in [3.8, 4) is 17.7 Å². The van der Waals surface area contributed by atoms with Gasteiger partial charge in [0.25, 0.3) is 0 Å². The van der Waals surface area contributed by atoms with Gasteiger partial charge in [0.2, 0.25) is 5.88 Å². The summed E-state index contributed by atoms with van der Waals surface area (Å²) in [6.07, 6.45) is 6.90. The number of likely N-dealkylation sites (tertiary alicyclic amines) is 1. The Bertz CT molecular complexity index is 1300. The second-order valence-corrected chi connectivity index (χ2v) is 9.93. The van der Waals surface area contributed by atoms with E-state index in [1.807, 2.05) is 54.6 Å². The quantitative estimate of drug-likeness (QED) is 0.430. The van der Waals surface area contributed by atoms with Crippen LogP contribution in [-0.4, -0.2) is 27.0 Å². The lowest BCUT2D eigenvalue weighted by molar-refractivity contribution is 0.0619. The van der Waals surface area contributed by atoms with E-state index in [0.29, 0.717) is 24.1 Å². The van der Waals surface area contributed by atoms with Crippen molar-refractivity contribution in [2.24, 2.45) is 11.8 Å². The van der Waals surface area contributed by atoms with E-state index in [1.54, 1.807) is 0 Å². The van der Waals surface area contributed by atoms with Gasteiger partial charge in [-0.1, -0.05) is 43.3 Å². The predicted octanol–water partition coefficient (Wildman–Crippen LogP) is 6.74. The van der Waals surface area contributed by atoms with Gasteiger partial charge < -0.3 is 9.64 Å². The van der Waals surface area contributed by atoms with Gasteiger partial charge in [-0.15, -0.1) is 0 Å². The zero-order chi connectivity index (χ0) is 23.7. The fraction of sp³-hybridized carbons (Fsp3) is 0.345. The van der Waals surface area contributed by atoms with Gasteiger partial charge in [-0.2, -0.15) is 10.2 Å². The van der Waals surface area contributed by atoms with E-state index in [0.717, 1.165) is 47.4 Å². The highest BCUT2D eigenvalue weighted by atomic mass is 16.5. The molecule has 1 aliphatic carbocycles. The first-order valence-electron chi connectivity index (χ1n) is 12.0. The van der Waals surface area contributed by atoms with Crippen molar-refractivity contribution < 1.29 is 4.74 Å². The Hall–Kier alpha value is -3.65. The summed E-state index contributed by atoms with van der Waals surface area (Å²) in [6.45, 7) is 7.69. The normalized spacial score (nSPS) is 21.3. The van der Waals surface area contributed by atoms with Crippen LogP contribution in [0.3, 0.4) is 0 Å². The number of piperidine rings is 1. The summed E-state index contributed by atoms with van der Waals surface area (Å²) in [5.41, 5.74) is 3.39. The van der Waals surface area contributed by atoms with E-state index in [2.05, 4.69) is 43.9 Å². The highest BCUT2D eigenvalue weighted by molar-refractivity contribution is 5.85. The average Bonchev–Trinajstić information content (AvgIpc) is 2.84. The maximum Gasteiger partial charge on any atom is 0.230 e. The van der Waals surface area contributed by atoms with E-state index in [9.17, 15) is 5.26 Å². The third kappa shape index (κ3) is 4.17. The fourth-order valence-corrected chi connectivity index (χ4v) is 5.52. The highest BCUT2D eigenvalue weighted by Gasteiger charge is 2.42. The smallest absolute Gasteiger partial charge is 0.230 e. The molecule has 5 heteroatoms. The molecule has 3 aromatic rings. The van der Waals surface area contributed by atoms with Gasteiger partial charge in [0.1, 0.15) is 5.75 Å². The van der Waals surface area contributed by atoms with Crippen LogP contribution in [0.1, 0.15) is 45.9 Å². The molecule has 34 heavy (non-hydrogen) atoms. The van der Waals surface area contributed by atoms with Crippen molar-refractivity contribution in [2.45, 2.75) is 45.6 Å².